The Kier molecular flexibility index (Phi) is 11.9. The van der Waals surface area contributed by atoms with Crippen LogP contribution >= 0.6 is 0 Å². The summed E-state index contributed by atoms with van der Waals surface area (Å²) in [4.78, 5) is 26.7. The molecule has 0 spiro atoms. The molecule has 0 radical (unpaired) electrons. The third kappa shape index (κ3) is 17.6. The third-order valence-electron chi connectivity index (χ3n) is 3.56. The highest BCUT2D eigenvalue weighted by atomic mass is 28.5. The first-order chi connectivity index (χ1) is 13.0. The van der Waals surface area contributed by atoms with Crippen LogP contribution in [0, 0.1) is 0 Å². The normalized spacial score (nSPS) is 15.0. The van der Waals surface area contributed by atoms with Crippen molar-refractivity contribution in [3.05, 3.63) is 0 Å². The summed E-state index contributed by atoms with van der Waals surface area (Å²) in [5.74, 6) is 0. The predicted molar refractivity (Wildman–Crippen MR) is 137 cm³/mol. The van der Waals surface area contributed by atoms with Gasteiger partial charge in [-0.2, -0.15) is 0 Å². The van der Waals surface area contributed by atoms with Crippen LogP contribution in [0.25, 0.3) is 0 Å². The Morgan fingerprint density at radius 2 is 0.600 bits per heavy atom. The molecule has 0 aromatic rings. The lowest BCUT2D eigenvalue weighted by molar-refractivity contribution is -0.259. The largest absolute Gasteiger partial charge is 0.818 e. The molecular formula is C18H48O6Si6-2. The second-order valence-corrected chi connectivity index (χ2v) is 36.0. The molecule has 0 aliphatic rings. The van der Waals surface area contributed by atoms with E-state index in [2.05, 4.69) is 78.6 Å². The highest BCUT2D eigenvalue weighted by molar-refractivity contribution is 6.85. The van der Waals surface area contributed by atoms with Crippen LogP contribution in [0.2, 0.25) is 90.7 Å². The molecule has 0 rings (SSSR count). The molecular weight excluding hydrogens is 481 g/mol. The van der Waals surface area contributed by atoms with Gasteiger partial charge in [0.2, 0.25) is 17.6 Å². The Hall–Kier alpha value is 1.06. The van der Waals surface area contributed by atoms with Crippen molar-refractivity contribution in [3.63, 3.8) is 0 Å². The summed E-state index contributed by atoms with van der Waals surface area (Å²) in [6.45, 7) is 24.6. The maximum absolute atomic E-state index is 13.3. The van der Waals surface area contributed by atoms with Crippen LogP contribution < -0.4 is 9.59 Å². The minimum atomic E-state index is -3.40. The van der Waals surface area contributed by atoms with Gasteiger partial charge in [0.05, 0.1) is 0 Å². The molecule has 0 amide bonds. The second kappa shape index (κ2) is 11.5. The Balaban J connectivity index is 4.71. The fourth-order valence-electron chi connectivity index (χ4n) is 3.15. The molecule has 0 heterocycles. The van der Waals surface area contributed by atoms with Crippen LogP contribution in [-0.2, 0) is 16.5 Å². The molecule has 182 valence electrons. The van der Waals surface area contributed by atoms with Gasteiger partial charge in [-0.1, -0.05) is 25.7 Å². The number of hydrogen-bond acceptors (Lipinski definition) is 6. The first-order valence-electron chi connectivity index (χ1n) is 11.2. The van der Waals surface area contributed by atoms with Crippen molar-refractivity contribution >= 4 is 50.9 Å². The van der Waals surface area contributed by atoms with Crippen molar-refractivity contribution in [2.24, 2.45) is 0 Å². The van der Waals surface area contributed by atoms with Crippen LogP contribution in [0.15, 0.2) is 0 Å². The molecule has 0 aromatic carbocycles. The van der Waals surface area contributed by atoms with E-state index in [-0.39, 0.29) is 0 Å². The molecule has 0 saturated heterocycles. The monoisotopic (exact) mass is 528 g/mol. The van der Waals surface area contributed by atoms with E-state index < -0.39 is 50.9 Å². The number of rotatable bonds is 15. The lowest BCUT2D eigenvalue weighted by Crippen LogP contribution is -2.64. The summed E-state index contributed by atoms with van der Waals surface area (Å²) in [7, 11) is -14.6. The van der Waals surface area contributed by atoms with Gasteiger partial charge in [0.25, 0.3) is 0 Å². The van der Waals surface area contributed by atoms with Crippen molar-refractivity contribution in [2.75, 3.05) is 0 Å². The summed E-state index contributed by atoms with van der Waals surface area (Å²) in [5.41, 5.74) is 0. The van der Waals surface area contributed by atoms with Gasteiger partial charge in [-0.05, 0) is 90.7 Å². The standard InChI is InChI=1S/C18H48O6Si6/c1-25(2,3)21-29(19,22-26(4,5)6)17-15-13-14-16-18-30(20,23-27(7,8)9)24-28(10,11)12/h13-18H2,1-12H3/q-2. The Labute approximate surface area is 193 Å². The van der Waals surface area contributed by atoms with Crippen LogP contribution in [-0.4, -0.2) is 50.9 Å². The minimum Gasteiger partial charge on any atom is -0.818 e. The Bertz CT molecular complexity index is 429. The minimum absolute atomic E-state index is 0.484. The van der Waals surface area contributed by atoms with Crippen LogP contribution in [0.3, 0.4) is 0 Å². The number of hydrogen-bond donors (Lipinski definition) is 0. The van der Waals surface area contributed by atoms with Gasteiger partial charge >= 0.3 is 0 Å². The second-order valence-electron chi connectivity index (χ2n) is 12.1. The SMILES string of the molecule is C[Si](C)(C)O[Si]([O-])(CCCCCC[Si]([O-])(O[Si](C)(C)C)O[Si](C)(C)C)O[Si](C)(C)C. The van der Waals surface area contributed by atoms with Crippen LogP contribution in [0.4, 0.5) is 0 Å². The van der Waals surface area contributed by atoms with E-state index in [1.165, 1.54) is 0 Å². The van der Waals surface area contributed by atoms with Crippen molar-refractivity contribution in [1.29, 1.82) is 0 Å². The van der Waals surface area contributed by atoms with Gasteiger partial charge in [-0.15, -0.1) is 0 Å². The molecule has 0 unspecified atom stereocenters. The predicted octanol–water partition coefficient (Wildman–Crippen LogP) is 4.55. The highest BCUT2D eigenvalue weighted by Crippen LogP contribution is 2.25. The van der Waals surface area contributed by atoms with E-state index in [1.54, 1.807) is 0 Å². The van der Waals surface area contributed by atoms with Gasteiger partial charge < -0.3 is 26.1 Å². The van der Waals surface area contributed by atoms with Gasteiger partial charge in [0.15, 0.2) is 33.3 Å². The maximum atomic E-state index is 13.3. The molecule has 0 saturated carbocycles. The Morgan fingerprint density at radius 1 is 0.400 bits per heavy atom. The van der Waals surface area contributed by atoms with Crippen molar-refractivity contribution in [2.45, 2.75) is 116 Å². The zero-order valence-corrected chi connectivity index (χ0v) is 27.7. The average molecular weight is 529 g/mol. The van der Waals surface area contributed by atoms with E-state index in [0.29, 0.717) is 12.1 Å². The molecule has 0 aliphatic carbocycles. The fourth-order valence-corrected chi connectivity index (χ4v) is 22.2. The van der Waals surface area contributed by atoms with Crippen molar-refractivity contribution in [3.8, 4) is 0 Å². The van der Waals surface area contributed by atoms with E-state index in [1.807, 2.05) is 0 Å². The van der Waals surface area contributed by atoms with Gasteiger partial charge in [0.1, 0.15) is 0 Å². The third-order valence-corrected chi connectivity index (χ3v) is 20.3. The maximum Gasteiger partial charge on any atom is 0.223 e. The first kappa shape index (κ1) is 31.1. The van der Waals surface area contributed by atoms with Gasteiger partial charge in [0, 0.05) is 0 Å². The van der Waals surface area contributed by atoms with Crippen molar-refractivity contribution < 1.29 is 26.1 Å². The quantitative estimate of drug-likeness (QED) is 0.229. The lowest BCUT2D eigenvalue weighted by Gasteiger charge is -2.46. The van der Waals surface area contributed by atoms with Crippen LogP contribution in [0.5, 0.6) is 0 Å². The fraction of sp³-hybridized carbons (Fsp3) is 1.00. The van der Waals surface area contributed by atoms with E-state index in [4.69, 9.17) is 16.5 Å². The number of unbranched alkanes of at least 4 members (excludes halogenated alkanes) is 3. The molecule has 0 atom stereocenters. The lowest BCUT2D eigenvalue weighted by atomic mass is 10.2. The first-order valence-corrected chi connectivity index (χ1v) is 28.7. The van der Waals surface area contributed by atoms with Crippen molar-refractivity contribution in [1.82, 2.24) is 0 Å². The zero-order chi connectivity index (χ0) is 24.1. The highest BCUT2D eigenvalue weighted by Gasteiger charge is 2.35. The van der Waals surface area contributed by atoms with E-state index in [9.17, 15) is 9.59 Å². The zero-order valence-electron chi connectivity index (χ0n) is 21.7. The van der Waals surface area contributed by atoms with E-state index >= 15 is 0 Å². The molecule has 0 aliphatic heterocycles. The molecule has 12 heteroatoms. The summed E-state index contributed by atoms with van der Waals surface area (Å²) in [6, 6.07) is 0.969. The topological polar surface area (TPSA) is 83.0 Å². The Morgan fingerprint density at radius 3 is 0.767 bits per heavy atom. The van der Waals surface area contributed by atoms with E-state index in [0.717, 1.165) is 25.7 Å². The molecule has 0 bridgehead atoms. The average Bonchev–Trinajstić information content (AvgIpc) is 2.33. The molecule has 30 heavy (non-hydrogen) atoms. The summed E-state index contributed by atoms with van der Waals surface area (Å²) < 4.78 is 24.1. The molecule has 0 N–H and O–H groups in total. The smallest absolute Gasteiger partial charge is 0.223 e. The van der Waals surface area contributed by atoms with Gasteiger partial charge in [-0.3, -0.25) is 0 Å². The summed E-state index contributed by atoms with van der Waals surface area (Å²) in [5, 5.41) is 0. The van der Waals surface area contributed by atoms with Gasteiger partial charge in [-0.25, -0.2) is 0 Å². The molecule has 0 aromatic heterocycles. The molecule has 0 fully saturated rings. The molecule has 6 nitrogen and oxygen atoms in total. The summed E-state index contributed by atoms with van der Waals surface area (Å²) >= 11 is 0. The summed E-state index contributed by atoms with van der Waals surface area (Å²) in [6.07, 6.45) is 3.40. The van der Waals surface area contributed by atoms with Crippen LogP contribution in [0.1, 0.15) is 25.7 Å².